The van der Waals surface area contributed by atoms with Crippen molar-refractivity contribution >= 4 is 42.4 Å². The second kappa shape index (κ2) is 5.53. The van der Waals surface area contributed by atoms with Crippen molar-refractivity contribution in [2.45, 2.75) is 17.3 Å². The van der Waals surface area contributed by atoms with Crippen LogP contribution in [0.1, 0.15) is 18.5 Å². The monoisotopic (exact) mass is 362 g/mol. The zero-order chi connectivity index (χ0) is 14.0. The molecule has 0 spiro atoms. The Morgan fingerprint density at radius 3 is 2.74 bits per heavy atom. The molecule has 102 valence electrons. The zero-order valence-corrected chi connectivity index (χ0v) is 13.1. The number of aromatic nitrogens is 2. The van der Waals surface area contributed by atoms with E-state index < -0.39 is 10.0 Å². The normalized spacial score (nSPS) is 13.4. The maximum absolute atomic E-state index is 12.0. The Morgan fingerprint density at radius 1 is 1.42 bits per heavy atom. The second-order valence-corrected chi connectivity index (χ2v) is 7.62. The summed E-state index contributed by atoms with van der Waals surface area (Å²) in [4.78, 5) is 0. The van der Waals surface area contributed by atoms with Gasteiger partial charge in [-0.05, 0) is 24.6 Å². The van der Waals surface area contributed by atoms with Crippen LogP contribution in [0.4, 0.5) is 5.13 Å². The molecule has 0 radical (unpaired) electrons. The van der Waals surface area contributed by atoms with Gasteiger partial charge in [-0.3, -0.25) is 0 Å². The van der Waals surface area contributed by atoms with E-state index >= 15 is 0 Å². The Morgan fingerprint density at radius 2 is 2.16 bits per heavy atom. The molecule has 0 aliphatic rings. The fourth-order valence-corrected chi connectivity index (χ4v) is 3.91. The van der Waals surface area contributed by atoms with Crippen LogP contribution in [0.15, 0.2) is 33.1 Å². The molecule has 0 saturated carbocycles. The Balaban J connectivity index is 2.21. The molecule has 3 N–H and O–H groups in total. The second-order valence-electron chi connectivity index (χ2n) is 3.80. The summed E-state index contributed by atoms with van der Waals surface area (Å²) in [6, 6.07) is 7.02. The predicted molar refractivity (Wildman–Crippen MR) is 77.2 cm³/mol. The number of rotatable bonds is 4. The first kappa shape index (κ1) is 14.4. The van der Waals surface area contributed by atoms with Gasteiger partial charge in [0.05, 0.1) is 0 Å². The number of nitrogens with two attached hydrogens (primary N) is 1. The van der Waals surface area contributed by atoms with Gasteiger partial charge in [0, 0.05) is 10.5 Å². The molecule has 1 heterocycles. The first-order valence-corrected chi connectivity index (χ1v) is 8.34. The molecule has 19 heavy (non-hydrogen) atoms. The fourth-order valence-electron chi connectivity index (χ4n) is 1.46. The van der Waals surface area contributed by atoms with Gasteiger partial charge in [0.15, 0.2) is 0 Å². The van der Waals surface area contributed by atoms with Crippen LogP contribution in [-0.4, -0.2) is 18.6 Å². The number of hydrogen-bond acceptors (Lipinski definition) is 6. The molecule has 0 amide bonds. The van der Waals surface area contributed by atoms with Crippen molar-refractivity contribution in [3.05, 3.63) is 34.3 Å². The van der Waals surface area contributed by atoms with E-state index in [0.717, 1.165) is 21.4 Å². The summed E-state index contributed by atoms with van der Waals surface area (Å²) in [5, 5.41) is 7.15. The summed E-state index contributed by atoms with van der Waals surface area (Å²) in [5.74, 6) is 0. The highest BCUT2D eigenvalue weighted by Gasteiger charge is 2.22. The summed E-state index contributed by atoms with van der Waals surface area (Å²) in [6.07, 6.45) is 0. The van der Waals surface area contributed by atoms with Crippen molar-refractivity contribution in [2.75, 3.05) is 5.73 Å². The van der Waals surface area contributed by atoms with Gasteiger partial charge < -0.3 is 5.73 Å². The predicted octanol–water partition coefficient (Wildman–Crippen LogP) is 1.92. The molecule has 0 bridgehead atoms. The van der Waals surface area contributed by atoms with Crippen LogP contribution in [0.3, 0.4) is 0 Å². The number of benzene rings is 1. The van der Waals surface area contributed by atoms with Gasteiger partial charge in [-0.1, -0.05) is 39.4 Å². The van der Waals surface area contributed by atoms with Crippen LogP contribution in [0.2, 0.25) is 0 Å². The molecule has 9 heteroatoms. The molecular formula is C10H11BrN4O2S2. The van der Waals surface area contributed by atoms with Crippen molar-refractivity contribution in [1.29, 1.82) is 0 Å². The van der Waals surface area contributed by atoms with Gasteiger partial charge in [0.25, 0.3) is 10.0 Å². The number of anilines is 1. The molecule has 0 aliphatic heterocycles. The molecule has 1 aromatic heterocycles. The maximum Gasteiger partial charge on any atom is 0.270 e. The van der Waals surface area contributed by atoms with E-state index in [1.807, 2.05) is 24.3 Å². The van der Waals surface area contributed by atoms with Gasteiger partial charge in [-0.2, -0.15) is 0 Å². The number of sulfonamides is 1. The largest absolute Gasteiger partial charge is 0.374 e. The van der Waals surface area contributed by atoms with E-state index in [2.05, 4.69) is 30.8 Å². The number of halogens is 1. The van der Waals surface area contributed by atoms with Crippen molar-refractivity contribution in [3.8, 4) is 0 Å². The van der Waals surface area contributed by atoms with Crippen LogP contribution in [0, 0.1) is 0 Å². The number of nitrogens with zero attached hydrogens (tertiary/aromatic N) is 2. The average molecular weight is 363 g/mol. The molecule has 1 atom stereocenters. The summed E-state index contributed by atoms with van der Waals surface area (Å²) in [6.45, 7) is 1.75. The molecule has 6 nitrogen and oxygen atoms in total. The minimum atomic E-state index is -3.70. The molecule has 2 rings (SSSR count). The first-order chi connectivity index (χ1) is 8.88. The summed E-state index contributed by atoms with van der Waals surface area (Å²) in [5.41, 5.74) is 6.23. The Bertz CT molecular complexity index is 686. The van der Waals surface area contributed by atoms with Gasteiger partial charge in [0.2, 0.25) is 9.47 Å². The summed E-state index contributed by atoms with van der Waals surface area (Å²) >= 11 is 4.18. The van der Waals surface area contributed by atoms with Crippen LogP contribution in [0.25, 0.3) is 0 Å². The lowest BCUT2D eigenvalue weighted by Crippen LogP contribution is -2.26. The van der Waals surface area contributed by atoms with Gasteiger partial charge in [-0.15, -0.1) is 10.2 Å². The number of hydrogen-bond donors (Lipinski definition) is 2. The molecule has 2 aromatic rings. The third kappa shape index (κ3) is 3.50. The van der Waals surface area contributed by atoms with E-state index in [-0.39, 0.29) is 15.5 Å². The molecule has 1 aromatic carbocycles. The van der Waals surface area contributed by atoms with Gasteiger partial charge in [-0.25, -0.2) is 13.1 Å². The van der Waals surface area contributed by atoms with E-state index in [9.17, 15) is 8.42 Å². The highest BCUT2D eigenvalue weighted by molar-refractivity contribution is 9.10. The minimum Gasteiger partial charge on any atom is -0.374 e. The summed E-state index contributed by atoms with van der Waals surface area (Å²) in [7, 11) is -3.70. The van der Waals surface area contributed by atoms with Crippen molar-refractivity contribution in [1.82, 2.24) is 14.9 Å². The minimum absolute atomic E-state index is 0.121. The van der Waals surface area contributed by atoms with E-state index in [4.69, 9.17) is 5.73 Å². The lowest BCUT2D eigenvalue weighted by molar-refractivity contribution is 0.565. The molecule has 0 aliphatic carbocycles. The van der Waals surface area contributed by atoms with Crippen molar-refractivity contribution in [2.24, 2.45) is 0 Å². The topological polar surface area (TPSA) is 98.0 Å². The third-order valence-corrected chi connectivity index (χ3v) is 5.49. The van der Waals surface area contributed by atoms with Crippen LogP contribution < -0.4 is 10.5 Å². The fraction of sp³-hybridized carbons (Fsp3) is 0.200. The average Bonchev–Trinajstić information content (AvgIpc) is 2.76. The Kier molecular flexibility index (Phi) is 4.19. The maximum atomic E-state index is 12.0. The van der Waals surface area contributed by atoms with E-state index in [1.54, 1.807) is 6.92 Å². The number of nitrogens with one attached hydrogen (secondary N) is 1. The highest BCUT2D eigenvalue weighted by Crippen LogP contribution is 2.22. The Hall–Kier alpha value is -1.03. The van der Waals surface area contributed by atoms with E-state index in [0.29, 0.717) is 0 Å². The third-order valence-electron chi connectivity index (χ3n) is 2.33. The first-order valence-electron chi connectivity index (χ1n) is 5.25. The lowest BCUT2D eigenvalue weighted by Gasteiger charge is -2.13. The smallest absolute Gasteiger partial charge is 0.270 e. The summed E-state index contributed by atoms with van der Waals surface area (Å²) < 4.78 is 27.4. The van der Waals surface area contributed by atoms with Gasteiger partial charge in [0.1, 0.15) is 0 Å². The zero-order valence-electron chi connectivity index (χ0n) is 9.87. The Labute approximate surface area is 123 Å². The van der Waals surface area contributed by atoms with E-state index in [1.165, 1.54) is 0 Å². The van der Waals surface area contributed by atoms with Crippen molar-refractivity contribution < 1.29 is 8.42 Å². The standard InChI is InChI=1S/C10H11BrN4O2S2/c1-6(7-3-2-4-8(11)5-7)15-19(16,17)10-14-13-9(12)18-10/h2-6,15H,1H3,(H2,12,13). The SMILES string of the molecule is CC(NS(=O)(=O)c1nnc(N)s1)c1cccc(Br)c1. The number of nitrogen functional groups attached to an aromatic ring is 1. The van der Waals surface area contributed by atoms with Crippen LogP contribution in [-0.2, 0) is 10.0 Å². The molecule has 0 saturated heterocycles. The van der Waals surface area contributed by atoms with Crippen LogP contribution >= 0.6 is 27.3 Å². The highest BCUT2D eigenvalue weighted by atomic mass is 79.9. The molecular weight excluding hydrogens is 352 g/mol. The van der Waals surface area contributed by atoms with Crippen molar-refractivity contribution in [3.63, 3.8) is 0 Å². The lowest BCUT2D eigenvalue weighted by atomic mass is 10.1. The molecule has 0 fully saturated rings. The molecule has 1 unspecified atom stereocenters. The van der Waals surface area contributed by atoms with Crippen LogP contribution in [0.5, 0.6) is 0 Å². The quantitative estimate of drug-likeness (QED) is 0.865. The van der Waals surface area contributed by atoms with Gasteiger partial charge >= 0.3 is 0 Å².